The van der Waals surface area contributed by atoms with E-state index in [4.69, 9.17) is 21.9 Å². The minimum Gasteiger partial charge on any atom is -0.367 e. The molecule has 0 bridgehead atoms. The second kappa shape index (κ2) is 3.35. The van der Waals surface area contributed by atoms with Crippen molar-refractivity contribution in [3.8, 4) is 11.1 Å². The van der Waals surface area contributed by atoms with Crippen molar-refractivity contribution in [1.29, 1.82) is 0 Å². The van der Waals surface area contributed by atoms with Gasteiger partial charge >= 0.3 is 0 Å². The summed E-state index contributed by atoms with van der Waals surface area (Å²) in [6.07, 6.45) is 0. The molecule has 0 aliphatic heterocycles. The molecule has 1 aromatic carbocycles. The van der Waals surface area contributed by atoms with E-state index in [0.717, 1.165) is 5.56 Å². The van der Waals surface area contributed by atoms with Gasteiger partial charge in [0, 0.05) is 0 Å². The van der Waals surface area contributed by atoms with E-state index < -0.39 is 0 Å². The Morgan fingerprint density at radius 2 is 1.93 bits per heavy atom. The number of nitrogens with zero attached hydrogens (tertiary/aromatic N) is 1. The van der Waals surface area contributed by atoms with Crippen LogP contribution in [0.25, 0.3) is 11.1 Å². The molecule has 3 nitrogen and oxygen atoms in total. The lowest BCUT2D eigenvalue weighted by Crippen LogP contribution is -1.85. The van der Waals surface area contributed by atoms with Crippen LogP contribution in [-0.2, 0) is 0 Å². The Kier molecular flexibility index (Phi) is 2.17. The summed E-state index contributed by atoms with van der Waals surface area (Å²) in [6.45, 7) is 2.02. The highest BCUT2D eigenvalue weighted by atomic mass is 35.5. The summed E-state index contributed by atoms with van der Waals surface area (Å²) >= 11 is 5.83. The average Bonchev–Trinajstić information content (AvgIpc) is 2.49. The fraction of sp³-hybridized carbons (Fsp3) is 0.100. The summed E-state index contributed by atoms with van der Waals surface area (Å²) in [5.41, 5.74) is 8.35. The fourth-order valence-electron chi connectivity index (χ4n) is 1.26. The maximum atomic E-state index is 5.83. The summed E-state index contributed by atoms with van der Waals surface area (Å²) < 4.78 is 4.78. The first kappa shape index (κ1) is 9.09. The Bertz CT molecular complexity index is 428. The number of hydrogen-bond donors (Lipinski definition) is 1. The molecule has 0 aliphatic rings. The molecule has 1 heterocycles. The van der Waals surface area contributed by atoms with Crippen LogP contribution in [0.4, 0.5) is 5.88 Å². The number of hydrogen-bond acceptors (Lipinski definition) is 3. The number of aromatic nitrogens is 1. The van der Waals surface area contributed by atoms with Gasteiger partial charge in [-0.05, 0) is 12.5 Å². The monoisotopic (exact) mass is 208 g/mol. The number of benzene rings is 1. The third-order valence-corrected chi connectivity index (χ3v) is 2.28. The van der Waals surface area contributed by atoms with Crippen molar-refractivity contribution in [3.05, 3.63) is 35.0 Å². The molecular weight excluding hydrogens is 200 g/mol. The van der Waals surface area contributed by atoms with Crippen molar-refractivity contribution in [2.24, 2.45) is 0 Å². The molecule has 0 amide bonds. The van der Waals surface area contributed by atoms with Gasteiger partial charge in [-0.1, -0.05) is 46.6 Å². The number of anilines is 1. The molecule has 2 aromatic rings. The van der Waals surface area contributed by atoms with Crippen LogP contribution < -0.4 is 5.73 Å². The van der Waals surface area contributed by atoms with Crippen molar-refractivity contribution in [3.63, 3.8) is 0 Å². The zero-order chi connectivity index (χ0) is 10.1. The maximum Gasteiger partial charge on any atom is 0.231 e. The van der Waals surface area contributed by atoms with Crippen molar-refractivity contribution >= 4 is 17.5 Å². The Morgan fingerprint density at radius 3 is 2.43 bits per heavy atom. The van der Waals surface area contributed by atoms with E-state index in [1.165, 1.54) is 5.56 Å². The molecule has 0 atom stereocenters. The summed E-state index contributed by atoms with van der Waals surface area (Å²) in [6, 6.07) is 7.84. The zero-order valence-electron chi connectivity index (χ0n) is 7.62. The van der Waals surface area contributed by atoms with E-state index in [2.05, 4.69) is 5.16 Å². The zero-order valence-corrected chi connectivity index (χ0v) is 8.38. The van der Waals surface area contributed by atoms with Gasteiger partial charge in [0.1, 0.15) is 0 Å². The smallest absolute Gasteiger partial charge is 0.231 e. The number of nitrogen functional groups attached to an aromatic ring is 1. The van der Waals surface area contributed by atoms with Gasteiger partial charge < -0.3 is 10.3 Å². The van der Waals surface area contributed by atoms with E-state index in [1.54, 1.807) is 0 Å². The molecule has 0 saturated carbocycles. The van der Waals surface area contributed by atoms with Crippen LogP contribution in [-0.4, -0.2) is 5.16 Å². The quantitative estimate of drug-likeness (QED) is 0.784. The van der Waals surface area contributed by atoms with Crippen molar-refractivity contribution < 1.29 is 4.52 Å². The van der Waals surface area contributed by atoms with Crippen LogP contribution in [0.1, 0.15) is 5.56 Å². The largest absolute Gasteiger partial charge is 0.367 e. The van der Waals surface area contributed by atoms with E-state index >= 15 is 0 Å². The van der Waals surface area contributed by atoms with Crippen molar-refractivity contribution in [1.82, 2.24) is 5.16 Å². The number of nitrogens with two attached hydrogens (primary N) is 1. The molecule has 2 rings (SSSR count). The maximum absolute atomic E-state index is 5.83. The van der Waals surface area contributed by atoms with Crippen LogP contribution >= 0.6 is 11.6 Å². The molecule has 0 aliphatic carbocycles. The molecular formula is C10H9ClN2O. The van der Waals surface area contributed by atoms with E-state index in [9.17, 15) is 0 Å². The number of halogens is 1. The van der Waals surface area contributed by atoms with E-state index in [1.807, 2.05) is 31.2 Å². The summed E-state index contributed by atoms with van der Waals surface area (Å²) in [4.78, 5) is 0. The lowest BCUT2D eigenvalue weighted by atomic mass is 10.1. The molecule has 0 spiro atoms. The summed E-state index contributed by atoms with van der Waals surface area (Å²) in [7, 11) is 0. The molecule has 72 valence electrons. The van der Waals surface area contributed by atoms with Gasteiger partial charge in [0.15, 0.2) is 5.15 Å². The molecule has 14 heavy (non-hydrogen) atoms. The average molecular weight is 209 g/mol. The number of aryl methyl sites for hydroxylation is 1. The third-order valence-electron chi connectivity index (χ3n) is 2.02. The van der Waals surface area contributed by atoms with Crippen LogP contribution in [0, 0.1) is 6.92 Å². The Labute approximate surface area is 86.5 Å². The van der Waals surface area contributed by atoms with Gasteiger partial charge in [-0.25, -0.2) is 0 Å². The number of rotatable bonds is 1. The second-order valence-corrected chi connectivity index (χ2v) is 3.44. The first-order chi connectivity index (χ1) is 6.68. The van der Waals surface area contributed by atoms with Crippen LogP contribution in [0.3, 0.4) is 0 Å². The SMILES string of the molecule is Cc1ccc(-c2c(Cl)noc2N)cc1. The highest BCUT2D eigenvalue weighted by molar-refractivity contribution is 6.32. The third kappa shape index (κ3) is 1.46. The first-order valence-electron chi connectivity index (χ1n) is 4.16. The minimum atomic E-state index is 0.249. The molecule has 4 heteroatoms. The van der Waals surface area contributed by atoms with Crippen LogP contribution in [0.5, 0.6) is 0 Å². The van der Waals surface area contributed by atoms with Gasteiger partial charge in [0.2, 0.25) is 5.88 Å². The van der Waals surface area contributed by atoms with Gasteiger partial charge in [0.05, 0.1) is 5.56 Å². The standard InChI is InChI=1S/C10H9ClN2O/c1-6-2-4-7(5-3-6)8-9(11)13-14-10(8)12/h2-5H,12H2,1H3. The second-order valence-electron chi connectivity index (χ2n) is 3.08. The van der Waals surface area contributed by atoms with Gasteiger partial charge in [0.25, 0.3) is 0 Å². The molecule has 0 fully saturated rings. The van der Waals surface area contributed by atoms with Gasteiger partial charge in [-0.3, -0.25) is 0 Å². The van der Waals surface area contributed by atoms with Crippen molar-refractivity contribution in [2.75, 3.05) is 5.73 Å². The molecule has 0 radical (unpaired) electrons. The van der Waals surface area contributed by atoms with Crippen LogP contribution in [0.2, 0.25) is 5.15 Å². The summed E-state index contributed by atoms with van der Waals surface area (Å²) in [5, 5.41) is 3.88. The van der Waals surface area contributed by atoms with E-state index in [-0.39, 0.29) is 5.88 Å². The van der Waals surface area contributed by atoms with Crippen molar-refractivity contribution in [2.45, 2.75) is 6.92 Å². The molecule has 2 N–H and O–H groups in total. The topological polar surface area (TPSA) is 52.0 Å². The Hall–Kier alpha value is -1.48. The van der Waals surface area contributed by atoms with Gasteiger partial charge in [-0.2, -0.15) is 0 Å². The Morgan fingerprint density at radius 1 is 1.29 bits per heavy atom. The highest BCUT2D eigenvalue weighted by Crippen LogP contribution is 2.32. The fourth-order valence-corrected chi connectivity index (χ4v) is 1.50. The first-order valence-corrected chi connectivity index (χ1v) is 4.54. The van der Waals surface area contributed by atoms with Crippen LogP contribution in [0.15, 0.2) is 28.8 Å². The lowest BCUT2D eigenvalue weighted by Gasteiger charge is -1.98. The predicted molar refractivity (Wildman–Crippen MR) is 56.1 cm³/mol. The minimum absolute atomic E-state index is 0.249. The van der Waals surface area contributed by atoms with E-state index in [0.29, 0.717) is 10.7 Å². The van der Waals surface area contributed by atoms with Gasteiger partial charge in [-0.15, -0.1) is 0 Å². The molecule has 0 saturated heterocycles. The lowest BCUT2D eigenvalue weighted by molar-refractivity contribution is 0.437. The molecule has 1 aromatic heterocycles. The molecule has 0 unspecified atom stereocenters. The predicted octanol–water partition coefficient (Wildman–Crippen LogP) is 2.89. The summed E-state index contributed by atoms with van der Waals surface area (Å²) in [5.74, 6) is 0.249. The Balaban J connectivity index is 2.54. The normalized spacial score (nSPS) is 10.4. The highest BCUT2D eigenvalue weighted by Gasteiger charge is 2.13.